The van der Waals surface area contributed by atoms with E-state index in [9.17, 15) is 9.59 Å². The van der Waals surface area contributed by atoms with Crippen LogP contribution in [0.3, 0.4) is 0 Å². The Balaban J connectivity index is 1.77. The number of carbonyl (C=O) groups excluding carboxylic acids is 1. The lowest BCUT2D eigenvalue weighted by molar-refractivity contribution is 0.102. The predicted octanol–water partition coefficient (Wildman–Crippen LogP) is 3.45. The average molecular weight is 371 g/mol. The van der Waals surface area contributed by atoms with Crippen molar-refractivity contribution in [1.82, 2.24) is 14.8 Å². The van der Waals surface area contributed by atoms with Gasteiger partial charge >= 0.3 is 0 Å². The van der Waals surface area contributed by atoms with E-state index in [0.717, 1.165) is 14.9 Å². The fourth-order valence-electron chi connectivity index (χ4n) is 2.58. The molecule has 1 N–H and O–H groups in total. The van der Waals surface area contributed by atoms with Crippen LogP contribution in [0, 0.1) is 0 Å². The third kappa shape index (κ3) is 2.77. The first-order valence-electron chi connectivity index (χ1n) is 7.36. The first-order valence-corrected chi connectivity index (χ1v) is 8.56. The van der Waals surface area contributed by atoms with Gasteiger partial charge in [0.25, 0.3) is 11.5 Å². The summed E-state index contributed by atoms with van der Waals surface area (Å²) >= 11 is 7.30. The molecule has 0 unspecified atom stereocenters. The van der Waals surface area contributed by atoms with Crippen molar-refractivity contribution in [2.45, 2.75) is 0 Å². The fourth-order valence-corrected chi connectivity index (χ4v) is 3.71. The van der Waals surface area contributed by atoms with Gasteiger partial charge < -0.3 is 0 Å². The van der Waals surface area contributed by atoms with Crippen LogP contribution in [0.1, 0.15) is 10.5 Å². The number of hydrogen-bond acceptors (Lipinski definition) is 5. The minimum Gasteiger partial charge on any atom is -0.296 e. The quantitative estimate of drug-likeness (QED) is 0.586. The lowest BCUT2D eigenvalue weighted by Gasteiger charge is -2.07. The molecule has 0 aliphatic rings. The van der Waals surface area contributed by atoms with Crippen molar-refractivity contribution >= 4 is 55.0 Å². The highest BCUT2D eigenvalue weighted by molar-refractivity contribution is 7.22. The summed E-state index contributed by atoms with van der Waals surface area (Å²) in [6.45, 7) is 0. The molecule has 8 heteroatoms. The normalized spacial score (nSPS) is 11.1. The van der Waals surface area contributed by atoms with E-state index in [0.29, 0.717) is 20.9 Å². The van der Waals surface area contributed by atoms with Crippen molar-refractivity contribution in [1.29, 1.82) is 0 Å². The highest BCUT2D eigenvalue weighted by Gasteiger charge is 2.17. The highest BCUT2D eigenvalue weighted by Crippen LogP contribution is 2.28. The second-order valence-corrected chi connectivity index (χ2v) is 6.88. The van der Waals surface area contributed by atoms with Crippen molar-refractivity contribution in [2.75, 3.05) is 5.32 Å². The fraction of sp³-hybridized carbons (Fsp3) is 0.0588. The summed E-state index contributed by atoms with van der Waals surface area (Å²) in [7, 11) is 1.52. The Bertz CT molecular complexity index is 1200. The summed E-state index contributed by atoms with van der Waals surface area (Å²) in [6.07, 6.45) is 0. The maximum Gasteiger partial charge on any atom is 0.278 e. The predicted molar refractivity (Wildman–Crippen MR) is 99.6 cm³/mol. The summed E-state index contributed by atoms with van der Waals surface area (Å²) in [5.41, 5.74) is 0.680. The number of anilines is 1. The number of aryl methyl sites for hydroxylation is 1. The van der Waals surface area contributed by atoms with Crippen molar-refractivity contribution in [3.05, 3.63) is 63.5 Å². The molecule has 0 spiro atoms. The third-order valence-corrected chi connectivity index (χ3v) is 4.91. The van der Waals surface area contributed by atoms with Gasteiger partial charge in [-0.1, -0.05) is 41.1 Å². The van der Waals surface area contributed by atoms with Gasteiger partial charge in [0.1, 0.15) is 0 Å². The number of amides is 1. The molecule has 4 aromatic rings. The number of halogens is 1. The molecular weight excluding hydrogens is 360 g/mol. The van der Waals surface area contributed by atoms with Crippen LogP contribution in [0.5, 0.6) is 0 Å². The van der Waals surface area contributed by atoms with Crippen molar-refractivity contribution in [3.8, 4) is 0 Å². The third-order valence-electron chi connectivity index (χ3n) is 3.74. The molecule has 2 heterocycles. The summed E-state index contributed by atoms with van der Waals surface area (Å²) in [5.74, 6) is -0.419. The molecule has 0 aliphatic heterocycles. The van der Waals surface area contributed by atoms with E-state index in [1.165, 1.54) is 18.4 Å². The summed E-state index contributed by atoms with van der Waals surface area (Å²) in [6, 6.07) is 12.2. The van der Waals surface area contributed by atoms with E-state index in [-0.39, 0.29) is 11.3 Å². The molecule has 1 amide bonds. The van der Waals surface area contributed by atoms with Crippen LogP contribution in [0.25, 0.3) is 21.0 Å². The van der Waals surface area contributed by atoms with E-state index >= 15 is 0 Å². The van der Waals surface area contributed by atoms with Crippen LogP contribution in [0.2, 0.25) is 5.02 Å². The molecule has 6 nitrogen and oxygen atoms in total. The number of nitrogens with zero attached hydrogens (tertiary/aromatic N) is 3. The maximum absolute atomic E-state index is 12.7. The molecule has 0 atom stereocenters. The van der Waals surface area contributed by atoms with Gasteiger partial charge in [-0.25, -0.2) is 9.67 Å². The van der Waals surface area contributed by atoms with E-state index in [2.05, 4.69) is 15.4 Å². The SMILES string of the molecule is Cn1nc(C(=O)Nc2nc3ccc(Cl)cc3s2)c2ccccc2c1=O. The number of fused-ring (bicyclic) bond motifs is 2. The summed E-state index contributed by atoms with van der Waals surface area (Å²) < 4.78 is 2.04. The second-order valence-electron chi connectivity index (χ2n) is 5.41. The van der Waals surface area contributed by atoms with Crippen LogP contribution in [0.4, 0.5) is 5.13 Å². The second kappa shape index (κ2) is 5.94. The van der Waals surface area contributed by atoms with Crippen LogP contribution in [0.15, 0.2) is 47.3 Å². The lowest BCUT2D eigenvalue weighted by atomic mass is 10.1. The zero-order valence-corrected chi connectivity index (χ0v) is 14.6. The minimum atomic E-state index is -0.419. The summed E-state index contributed by atoms with van der Waals surface area (Å²) in [4.78, 5) is 29.2. The highest BCUT2D eigenvalue weighted by atomic mass is 35.5. The van der Waals surface area contributed by atoms with Gasteiger partial charge in [0, 0.05) is 17.5 Å². The van der Waals surface area contributed by atoms with E-state index < -0.39 is 5.91 Å². The Morgan fingerprint density at radius 1 is 1.20 bits per heavy atom. The largest absolute Gasteiger partial charge is 0.296 e. The number of carbonyl (C=O) groups is 1. The number of nitrogens with one attached hydrogen (secondary N) is 1. The molecule has 25 heavy (non-hydrogen) atoms. The van der Waals surface area contributed by atoms with Gasteiger partial charge in [-0.15, -0.1) is 0 Å². The van der Waals surface area contributed by atoms with Gasteiger partial charge in [-0.3, -0.25) is 14.9 Å². The van der Waals surface area contributed by atoms with Crippen LogP contribution in [-0.4, -0.2) is 20.7 Å². The first-order chi connectivity index (χ1) is 12.0. The van der Waals surface area contributed by atoms with Gasteiger partial charge in [0.15, 0.2) is 10.8 Å². The molecule has 2 aromatic carbocycles. The first kappa shape index (κ1) is 15.7. The molecule has 0 saturated heterocycles. The van der Waals surface area contributed by atoms with Crippen molar-refractivity contribution in [2.24, 2.45) is 7.05 Å². The van der Waals surface area contributed by atoms with Gasteiger partial charge in [-0.2, -0.15) is 5.10 Å². The monoisotopic (exact) mass is 370 g/mol. The van der Waals surface area contributed by atoms with E-state index in [4.69, 9.17) is 11.6 Å². The lowest BCUT2D eigenvalue weighted by Crippen LogP contribution is -2.25. The Morgan fingerprint density at radius 3 is 2.76 bits per heavy atom. The molecule has 0 radical (unpaired) electrons. The Labute approximate surface area is 150 Å². The smallest absolute Gasteiger partial charge is 0.278 e. The van der Waals surface area contributed by atoms with Gasteiger partial charge in [0.2, 0.25) is 0 Å². The molecule has 0 aliphatic carbocycles. The molecule has 4 rings (SSSR count). The minimum absolute atomic E-state index is 0.176. The summed E-state index contributed by atoms with van der Waals surface area (Å²) in [5, 5.41) is 8.88. The van der Waals surface area contributed by atoms with Crippen LogP contribution in [-0.2, 0) is 7.05 Å². The number of benzene rings is 2. The van der Waals surface area contributed by atoms with Crippen molar-refractivity contribution < 1.29 is 4.79 Å². The average Bonchev–Trinajstić information content (AvgIpc) is 2.99. The van der Waals surface area contributed by atoms with Gasteiger partial charge in [-0.05, 0) is 24.3 Å². The Morgan fingerprint density at radius 2 is 1.96 bits per heavy atom. The number of thiazole rings is 1. The molecule has 2 aromatic heterocycles. The molecule has 0 bridgehead atoms. The van der Waals surface area contributed by atoms with Gasteiger partial charge in [0.05, 0.1) is 15.6 Å². The Kier molecular flexibility index (Phi) is 3.74. The molecular formula is C17H11ClN4O2S. The molecule has 124 valence electrons. The molecule has 0 saturated carbocycles. The topological polar surface area (TPSA) is 76.9 Å². The number of rotatable bonds is 2. The number of hydrogen-bond donors (Lipinski definition) is 1. The molecule has 0 fully saturated rings. The zero-order chi connectivity index (χ0) is 17.6. The zero-order valence-electron chi connectivity index (χ0n) is 13.0. The van der Waals surface area contributed by atoms with Crippen LogP contribution < -0.4 is 10.9 Å². The number of aromatic nitrogens is 3. The van der Waals surface area contributed by atoms with Crippen LogP contribution >= 0.6 is 22.9 Å². The van der Waals surface area contributed by atoms with Crippen molar-refractivity contribution in [3.63, 3.8) is 0 Å². The van der Waals surface area contributed by atoms with E-state index in [1.807, 2.05) is 0 Å². The van der Waals surface area contributed by atoms with E-state index in [1.54, 1.807) is 42.5 Å². The Hall–Kier alpha value is -2.77. The maximum atomic E-state index is 12.7. The standard InChI is InChI=1S/C17H11ClN4O2S/c1-22-16(24)11-5-3-2-4-10(11)14(21-22)15(23)20-17-19-12-7-6-9(18)8-13(12)25-17/h2-8H,1H3,(H,19,20,23).